The summed E-state index contributed by atoms with van der Waals surface area (Å²) in [5.74, 6) is 3.09. The average molecular weight is 508 g/mol. The fourth-order valence-corrected chi connectivity index (χ4v) is 4.55. The third-order valence-corrected chi connectivity index (χ3v) is 6.64. The Bertz CT molecular complexity index is 1500. The van der Waals surface area contributed by atoms with Crippen LogP contribution in [0.2, 0.25) is 0 Å². The largest absolute Gasteiger partial charge is 0.497 e. The number of para-hydroxylation sites is 1. The fourth-order valence-electron chi connectivity index (χ4n) is 4.55. The lowest BCUT2D eigenvalue weighted by atomic mass is 10.1. The summed E-state index contributed by atoms with van der Waals surface area (Å²) >= 11 is 0. The van der Waals surface area contributed by atoms with Crippen LogP contribution in [0.4, 0.5) is 11.6 Å². The van der Waals surface area contributed by atoms with E-state index in [1.54, 1.807) is 13.4 Å². The first-order valence-electron chi connectivity index (χ1n) is 12.7. The molecule has 0 radical (unpaired) electrons. The monoisotopic (exact) mass is 507 g/mol. The summed E-state index contributed by atoms with van der Waals surface area (Å²) in [6.07, 6.45) is 4.48. The lowest BCUT2D eigenvalue weighted by Gasteiger charge is -2.27. The van der Waals surface area contributed by atoms with Crippen molar-refractivity contribution in [3.8, 4) is 22.8 Å². The number of fused-ring (bicyclic) bond motifs is 1. The summed E-state index contributed by atoms with van der Waals surface area (Å²) < 4.78 is 12.7. The Labute approximate surface area is 221 Å². The molecule has 0 bridgehead atoms. The minimum absolute atomic E-state index is 0.600. The molecule has 0 spiro atoms. The van der Waals surface area contributed by atoms with Crippen LogP contribution in [0.5, 0.6) is 5.75 Å². The standard InChI is InChI=1S/C29H29N7O2/c1-37-24-10-7-21(8-11-24)13-14-30-28-26-29(36(20-32-26)23-5-3-2-4-6-23)34-27(33-28)22-9-12-25(31-19-22)35-15-17-38-18-16-35/h2-12,19-20H,13-18H2,1H3,(H,30,33,34). The van der Waals surface area contributed by atoms with E-state index in [2.05, 4.69) is 27.3 Å². The van der Waals surface area contributed by atoms with Gasteiger partial charge >= 0.3 is 0 Å². The number of imidazole rings is 1. The third-order valence-electron chi connectivity index (χ3n) is 6.64. The Hall–Kier alpha value is -4.50. The SMILES string of the molecule is COc1ccc(CCNc2nc(-c3ccc(N4CCOCC4)nc3)nc3c2ncn3-c2ccccc2)cc1. The number of hydrogen-bond donors (Lipinski definition) is 1. The quantitative estimate of drug-likeness (QED) is 0.331. The summed E-state index contributed by atoms with van der Waals surface area (Å²) in [6.45, 7) is 3.82. The number of rotatable bonds is 8. The fraction of sp³-hybridized carbons (Fsp3) is 0.241. The van der Waals surface area contributed by atoms with E-state index >= 15 is 0 Å². The molecular weight excluding hydrogens is 478 g/mol. The molecule has 1 aliphatic rings. The lowest BCUT2D eigenvalue weighted by molar-refractivity contribution is 0.122. The molecule has 1 fully saturated rings. The summed E-state index contributed by atoms with van der Waals surface area (Å²) in [5, 5.41) is 3.50. The van der Waals surface area contributed by atoms with Crippen LogP contribution < -0.4 is 15.0 Å². The maximum atomic E-state index is 5.47. The predicted octanol–water partition coefficient (Wildman–Crippen LogP) is 4.38. The van der Waals surface area contributed by atoms with Crippen LogP contribution in [0.1, 0.15) is 5.56 Å². The van der Waals surface area contributed by atoms with Crippen LogP contribution in [0.15, 0.2) is 79.3 Å². The van der Waals surface area contributed by atoms with E-state index in [4.69, 9.17) is 24.4 Å². The Morgan fingerprint density at radius 3 is 2.47 bits per heavy atom. The van der Waals surface area contributed by atoms with Gasteiger partial charge in [0.15, 0.2) is 22.8 Å². The van der Waals surface area contributed by atoms with Crippen molar-refractivity contribution in [3.05, 3.63) is 84.8 Å². The van der Waals surface area contributed by atoms with Gasteiger partial charge in [0.25, 0.3) is 0 Å². The second kappa shape index (κ2) is 10.9. The zero-order chi connectivity index (χ0) is 25.7. The molecule has 9 heteroatoms. The van der Waals surface area contributed by atoms with Gasteiger partial charge in [-0.05, 0) is 48.4 Å². The molecule has 9 nitrogen and oxygen atoms in total. The van der Waals surface area contributed by atoms with E-state index < -0.39 is 0 Å². The van der Waals surface area contributed by atoms with Gasteiger partial charge in [-0.2, -0.15) is 0 Å². The molecule has 6 rings (SSSR count). The molecule has 4 heterocycles. The highest BCUT2D eigenvalue weighted by atomic mass is 16.5. The van der Waals surface area contributed by atoms with Crippen LogP contribution >= 0.6 is 0 Å². The minimum Gasteiger partial charge on any atom is -0.497 e. The number of morpholine rings is 1. The molecule has 1 N–H and O–H groups in total. The number of methoxy groups -OCH3 is 1. The summed E-state index contributed by atoms with van der Waals surface area (Å²) in [7, 11) is 1.68. The number of ether oxygens (including phenoxy) is 2. The van der Waals surface area contributed by atoms with Crippen molar-refractivity contribution >= 4 is 22.8 Å². The molecule has 3 aromatic heterocycles. The van der Waals surface area contributed by atoms with Gasteiger partial charge in [-0.15, -0.1) is 0 Å². The van der Waals surface area contributed by atoms with E-state index in [0.29, 0.717) is 18.2 Å². The number of benzene rings is 2. The van der Waals surface area contributed by atoms with Crippen LogP contribution in [0.25, 0.3) is 28.2 Å². The number of pyridine rings is 1. The zero-order valence-corrected chi connectivity index (χ0v) is 21.2. The van der Waals surface area contributed by atoms with Crippen molar-refractivity contribution in [3.63, 3.8) is 0 Å². The molecule has 192 valence electrons. The molecule has 0 atom stereocenters. The van der Waals surface area contributed by atoms with Crippen molar-refractivity contribution in [1.82, 2.24) is 24.5 Å². The molecule has 5 aromatic rings. The number of anilines is 2. The molecule has 2 aromatic carbocycles. The Morgan fingerprint density at radius 2 is 1.74 bits per heavy atom. The normalized spacial score (nSPS) is 13.6. The highest BCUT2D eigenvalue weighted by Crippen LogP contribution is 2.27. The summed E-state index contributed by atoms with van der Waals surface area (Å²) in [4.78, 5) is 21.4. The van der Waals surface area contributed by atoms with Gasteiger partial charge in [0.2, 0.25) is 0 Å². The molecule has 0 aliphatic carbocycles. The van der Waals surface area contributed by atoms with Crippen LogP contribution in [0, 0.1) is 0 Å². The highest BCUT2D eigenvalue weighted by molar-refractivity contribution is 5.86. The van der Waals surface area contributed by atoms with E-state index in [1.807, 2.05) is 65.4 Å². The van der Waals surface area contributed by atoms with Crippen LogP contribution in [-0.2, 0) is 11.2 Å². The molecular formula is C29H29N7O2. The smallest absolute Gasteiger partial charge is 0.170 e. The van der Waals surface area contributed by atoms with Crippen molar-refractivity contribution in [2.24, 2.45) is 0 Å². The molecule has 0 unspecified atom stereocenters. The van der Waals surface area contributed by atoms with Crippen molar-refractivity contribution in [2.45, 2.75) is 6.42 Å². The lowest BCUT2D eigenvalue weighted by Crippen LogP contribution is -2.36. The topological polar surface area (TPSA) is 90.2 Å². The van der Waals surface area contributed by atoms with Gasteiger partial charge in [-0.25, -0.2) is 19.9 Å². The van der Waals surface area contributed by atoms with Crippen molar-refractivity contribution < 1.29 is 9.47 Å². The van der Waals surface area contributed by atoms with E-state index in [1.165, 1.54) is 5.56 Å². The van der Waals surface area contributed by atoms with Crippen LogP contribution in [0.3, 0.4) is 0 Å². The summed E-state index contributed by atoms with van der Waals surface area (Å²) in [5.41, 5.74) is 4.52. The zero-order valence-electron chi connectivity index (χ0n) is 21.2. The number of hydrogen-bond acceptors (Lipinski definition) is 8. The first-order chi connectivity index (χ1) is 18.8. The first kappa shape index (κ1) is 23.9. The van der Waals surface area contributed by atoms with Gasteiger partial charge in [0, 0.05) is 37.1 Å². The van der Waals surface area contributed by atoms with Gasteiger partial charge < -0.3 is 19.7 Å². The van der Waals surface area contributed by atoms with Gasteiger partial charge in [-0.1, -0.05) is 30.3 Å². The Kier molecular flexibility index (Phi) is 6.82. The van der Waals surface area contributed by atoms with E-state index in [-0.39, 0.29) is 0 Å². The molecule has 1 saturated heterocycles. The van der Waals surface area contributed by atoms with Crippen molar-refractivity contribution in [2.75, 3.05) is 50.2 Å². The first-order valence-corrected chi connectivity index (χ1v) is 12.7. The highest BCUT2D eigenvalue weighted by Gasteiger charge is 2.17. The predicted molar refractivity (Wildman–Crippen MR) is 148 cm³/mol. The van der Waals surface area contributed by atoms with Gasteiger partial charge in [0.05, 0.1) is 20.3 Å². The molecule has 38 heavy (non-hydrogen) atoms. The average Bonchev–Trinajstić information content (AvgIpc) is 3.43. The molecule has 1 aliphatic heterocycles. The Morgan fingerprint density at radius 1 is 0.921 bits per heavy atom. The van der Waals surface area contributed by atoms with E-state index in [0.717, 1.165) is 66.7 Å². The maximum absolute atomic E-state index is 5.47. The minimum atomic E-state index is 0.600. The Balaban J connectivity index is 1.32. The van der Waals surface area contributed by atoms with E-state index in [9.17, 15) is 0 Å². The van der Waals surface area contributed by atoms with Gasteiger partial charge in [-0.3, -0.25) is 4.57 Å². The second-order valence-corrected chi connectivity index (χ2v) is 9.05. The van der Waals surface area contributed by atoms with Crippen LogP contribution in [-0.4, -0.2) is 64.5 Å². The molecule has 0 saturated carbocycles. The number of nitrogens with zero attached hydrogens (tertiary/aromatic N) is 6. The maximum Gasteiger partial charge on any atom is 0.170 e. The summed E-state index contributed by atoms with van der Waals surface area (Å²) in [6, 6.07) is 22.3. The number of aromatic nitrogens is 5. The second-order valence-electron chi connectivity index (χ2n) is 9.05. The van der Waals surface area contributed by atoms with Crippen molar-refractivity contribution in [1.29, 1.82) is 0 Å². The third kappa shape index (κ3) is 5.01. The number of nitrogens with one attached hydrogen (secondary N) is 1. The molecule has 0 amide bonds. The van der Waals surface area contributed by atoms with Gasteiger partial charge in [0.1, 0.15) is 17.9 Å².